The number of likely N-dealkylation sites (N-methyl/N-ethyl adjacent to an activating group) is 1. The lowest BCUT2D eigenvalue weighted by atomic mass is 9.57. The Morgan fingerprint density at radius 3 is 2.61 bits per heavy atom. The van der Waals surface area contributed by atoms with Crippen LogP contribution in [0.3, 0.4) is 0 Å². The monoisotopic (exact) mass is 248 g/mol. The fraction of sp³-hybridized carbons (Fsp3) is 1.00. The van der Waals surface area contributed by atoms with E-state index in [0.29, 0.717) is 17.5 Å². The number of piperidine rings is 1. The normalized spacial score (nSPS) is 44.8. The summed E-state index contributed by atoms with van der Waals surface area (Å²) in [4.78, 5) is 2.56. The Morgan fingerprint density at radius 2 is 1.94 bits per heavy atom. The van der Waals surface area contributed by atoms with E-state index in [4.69, 9.17) is 18.3 Å². The van der Waals surface area contributed by atoms with Crippen molar-refractivity contribution >= 4 is 7.85 Å². The first-order valence-electron chi connectivity index (χ1n) is 7.44. The number of hydrogen-bond acceptors (Lipinski definition) is 3. The average Bonchev–Trinajstić information content (AvgIpc) is 2.25. The molecule has 3 nitrogen and oxygen atoms in total. The van der Waals surface area contributed by atoms with Gasteiger partial charge in [0.15, 0.2) is 0 Å². The first-order chi connectivity index (χ1) is 8.55. The zero-order chi connectivity index (χ0) is 12.8. The molecule has 18 heavy (non-hydrogen) atoms. The first kappa shape index (κ1) is 13.0. The highest BCUT2D eigenvalue weighted by molar-refractivity contribution is 6.15. The number of nitrogens with two attached hydrogens (primary N) is 1. The molecule has 2 saturated heterocycles. The zero-order valence-corrected chi connectivity index (χ0v) is 11.5. The Labute approximate surface area is 112 Å². The minimum absolute atomic E-state index is 0.302. The molecule has 2 N–H and O–H groups in total. The van der Waals surface area contributed by atoms with Crippen molar-refractivity contribution in [3.63, 3.8) is 0 Å². The van der Waals surface area contributed by atoms with Gasteiger partial charge in [-0.2, -0.15) is 0 Å². The number of ether oxygens (including phenoxy) is 1. The van der Waals surface area contributed by atoms with Crippen LogP contribution in [0.5, 0.6) is 0 Å². The van der Waals surface area contributed by atoms with Gasteiger partial charge < -0.3 is 10.5 Å². The molecule has 2 radical (unpaired) electrons. The molecular formula is C14H25BN2O. The van der Waals surface area contributed by atoms with Gasteiger partial charge in [-0.3, -0.25) is 4.90 Å². The number of rotatable bonds is 0. The van der Waals surface area contributed by atoms with E-state index < -0.39 is 5.44 Å². The maximum Gasteiger partial charge on any atom is 0.0954 e. The second-order valence-corrected chi connectivity index (χ2v) is 6.75. The van der Waals surface area contributed by atoms with E-state index in [2.05, 4.69) is 11.9 Å². The molecule has 3 atom stereocenters. The Balaban J connectivity index is 1.83. The molecule has 100 valence electrons. The van der Waals surface area contributed by atoms with E-state index in [1.54, 1.807) is 0 Å². The number of hydrogen-bond donors (Lipinski definition) is 1. The fourth-order valence-corrected chi connectivity index (χ4v) is 4.27. The maximum atomic E-state index is 6.43. The van der Waals surface area contributed by atoms with E-state index in [-0.39, 0.29) is 0 Å². The van der Waals surface area contributed by atoms with Crippen LogP contribution in [0, 0.1) is 5.92 Å². The van der Waals surface area contributed by atoms with Crippen LogP contribution in [-0.4, -0.2) is 50.0 Å². The summed E-state index contributed by atoms with van der Waals surface area (Å²) in [6, 6.07) is 0.554. The molecule has 0 aromatic heterocycles. The second kappa shape index (κ2) is 4.50. The summed E-state index contributed by atoms with van der Waals surface area (Å²) in [7, 11) is 8.69. The predicted molar refractivity (Wildman–Crippen MR) is 73.6 cm³/mol. The van der Waals surface area contributed by atoms with Gasteiger partial charge in [0.1, 0.15) is 0 Å². The largest absolute Gasteiger partial charge is 0.377 e. The average molecular weight is 248 g/mol. The van der Waals surface area contributed by atoms with Crippen LogP contribution >= 0.6 is 0 Å². The van der Waals surface area contributed by atoms with E-state index in [0.717, 1.165) is 19.6 Å². The highest BCUT2D eigenvalue weighted by Crippen LogP contribution is 2.44. The Kier molecular flexibility index (Phi) is 3.24. The van der Waals surface area contributed by atoms with Crippen molar-refractivity contribution in [2.75, 3.05) is 20.3 Å². The molecule has 0 aromatic rings. The Bertz CT molecular complexity index is 317. The summed E-state index contributed by atoms with van der Waals surface area (Å²) < 4.78 is 5.47. The molecule has 3 aliphatic rings. The molecule has 2 heterocycles. The van der Waals surface area contributed by atoms with Crippen LogP contribution in [-0.2, 0) is 4.74 Å². The van der Waals surface area contributed by atoms with Crippen LogP contribution in [0.2, 0.25) is 0 Å². The number of nitrogens with zero attached hydrogens (tertiary/aromatic N) is 1. The summed E-state index contributed by atoms with van der Waals surface area (Å²) in [6.45, 7) is 1.80. The van der Waals surface area contributed by atoms with Crippen molar-refractivity contribution in [3.8, 4) is 0 Å². The van der Waals surface area contributed by atoms with Gasteiger partial charge in [-0.25, -0.2) is 0 Å². The summed E-state index contributed by atoms with van der Waals surface area (Å²) in [6.07, 6.45) is 8.38. The van der Waals surface area contributed by atoms with Crippen LogP contribution < -0.4 is 5.73 Å². The van der Waals surface area contributed by atoms with Crippen molar-refractivity contribution in [1.29, 1.82) is 0 Å². The zero-order valence-electron chi connectivity index (χ0n) is 11.5. The van der Waals surface area contributed by atoms with Crippen LogP contribution in [0.4, 0.5) is 0 Å². The molecule has 0 amide bonds. The van der Waals surface area contributed by atoms with Crippen molar-refractivity contribution in [3.05, 3.63) is 0 Å². The molecule has 1 spiro atoms. The molecule has 0 aromatic carbocycles. The molecule has 4 heteroatoms. The lowest BCUT2D eigenvalue weighted by molar-refractivity contribution is -0.178. The van der Waals surface area contributed by atoms with Crippen molar-refractivity contribution in [2.45, 2.75) is 62.0 Å². The van der Waals surface area contributed by atoms with Crippen molar-refractivity contribution in [2.24, 2.45) is 11.7 Å². The summed E-state index contributed by atoms with van der Waals surface area (Å²) in [5, 5.41) is 0. The van der Waals surface area contributed by atoms with Crippen molar-refractivity contribution in [1.82, 2.24) is 4.90 Å². The van der Waals surface area contributed by atoms with Gasteiger partial charge in [0.05, 0.1) is 26.6 Å². The van der Waals surface area contributed by atoms with Crippen LogP contribution in [0.1, 0.15) is 44.9 Å². The van der Waals surface area contributed by atoms with Gasteiger partial charge in [-0.1, -0.05) is 19.3 Å². The molecule has 0 bridgehead atoms. The van der Waals surface area contributed by atoms with Gasteiger partial charge in [-0.15, -0.1) is 0 Å². The highest BCUT2D eigenvalue weighted by Gasteiger charge is 2.52. The molecule has 3 fully saturated rings. The topological polar surface area (TPSA) is 38.5 Å². The first-order valence-corrected chi connectivity index (χ1v) is 7.44. The highest BCUT2D eigenvalue weighted by atomic mass is 16.5. The fourth-order valence-electron chi connectivity index (χ4n) is 4.27. The third-order valence-electron chi connectivity index (χ3n) is 5.67. The lowest BCUT2D eigenvalue weighted by Gasteiger charge is -2.59. The van der Waals surface area contributed by atoms with E-state index in [1.807, 2.05) is 0 Å². The molecule has 3 unspecified atom stereocenters. The van der Waals surface area contributed by atoms with Crippen molar-refractivity contribution < 1.29 is 4.74 Å². The smallest absolute Gasteiger partial charge is 0.0954 e. The minimum atomic E-state index is -0.467. The van der Waals surface area contributed by atoms with Crippen LogP contribution in [0.25, 0.3) is 0 Å². The molecular weight excluding hydrogens is 223 g/mol. The molecule has 2 aliphatic heterocycles. The van der Waals surface area contributed by atoms with Gasteiger partial charge in [0.2, 0.25) is 0 Å². The third-order valence-corrected chi connectivity index (χ3v) is 5.67. The van der Waals surface area contributed by atoms with E-state index in [9.17, 15) is 0 Å². The quantitative estimate of drug-likeness (QED) is 0.656. The van der Waals surface area contributed by atoms with E-state index in [1.165, 1.54) is 38.5 Å². The summed E-state index contributed by atoms with van der Waals surface area (Å²) in [5.74, 6) is 0.453. The maximum absolute atomic E-state index is 6.43. The van der Waals surface area contributed by atoms with Gasteiger partial charge in [0, 0.05) is 6.04 Å². The number of likely N-dealkylation sites (tertiary alicyclic amines) is 1. The molecule has 1 aliphatic carbocycles. The molecule has 1 saturated carbocycles. The molecule has 3 rings (SSSR count). The van der Waals surface area contributed by atoms with Gasteiger partial charge in [-0.05, 0) is 44.1 Å². The SMILES string of the molecule is [B]C1(N)CCCCCC2C1CCC1(COC1)N2C. The standard InChI is InChI=1S/C14H25BN2O/c1-17-12-5-3-2-4-7-14(15,16)11(12)6-8-13(17)9-18-10-13/h11-12H,2-10,16H2,1H3. The third kappa shape index (κ3) is 1.93. The Hall–Kier alpha value is -0.0551. The summed E-state index contributed by atoms with van der Waals surface area (Å²) >= 11 is 0. The second-order valence-electron chi connectivity index (χ2n) is 6.75. The lowest BCUT2D eigenvalue weighted by Crippen LogP contribution is -2.70. The summed E-state index contributed by atoms with van der Waals surface area (Å²) in [5.41, 5.74) is 6.27. The predicted octanol–water partition coefficient (Wildman–Crippen LogP) is 1.25. The van der Waals surface area contributed by atoms with Crippen LogP contribution in [0.15, 0.2) is 0 Å². The number of fused-ring (bicyclic) bond motifs is 1. The minimum Gasteiger partial charge on any atom is -0.377 e. The van der Waals surface area contributed by atoms with E-state index >= 15 is 0 Å². The van der Waals surface area contributed by atoms with Gasteiger partial charge in [0.25, 0.3) is 0 Å². The Morgan fingerprint density at radius 1 is 1.17 bits per heavy atom. The van der Waals surface area contributed by atoms with Gasteiger partial charge >= 0.3 is 0 Å².